The topological polar surface area (TPSA) is 64.2 Å². The van der Waals surface area contributed by atoms with Crippen molar-refractivity contribution in [1.82, 2.24) is 9.88 Å². The first-order valence-corrected chi connectivity index (χ1v) is 7.04. The summed E-state index contributed by atoms with van der Waals surface area (Å²) in [6, 6.07) is 12.1. The molecular weight excluding hydrogens is 304 g/mol. The Morgan fingerprint density at radius 3 is 2.86 bits per heavy atom. The summed E-state index contributed by atoms with van der Waals surface area (Å²) in [5.74, 6) is -0.612. The van der Waals surface area contributed by atoms with Crippen LogP contribution in [0.25, 0.3) is 11.1 Å². The molecule has 0 saturated heterocycles. The molecule has 0 fully saturated rings. The highest BCUT2D eigenvalue weighted by Gasteiger charge is 2.08. The van der Waals surface area contributed by atoms with Crippen LogP contribution in [0.15, 0.2) is 51.7 Å². The lowest BCUT2D eigenvalue weighted by Gasteiger charge is -2.06. The first-order chi connectivity index (χ1) is 10.5. The molecule has 5 nitrogen and oxygen atoms in total. The van der Waals surface area contributed by atoms with E-state index in [1.807, 2.05) is 12.1 Å². The van der Waals surface area contributed by atoms with Crippen molar-refractivity contribution in [3.8, 4) is 0 Å². The van der Waals surface area contributed by atoms with E-state index >= 15 is 0 Å². The number of amides is 1. The maximum Gasteiger partial charge on any atom is 0.419 e. The number of nitrogens with one attached hydrogen (secondary N) is 1. The van der Waals surface area contributed by atoms with Gasteiger partial charge in [0.15, 0.2) is 5.58 Å². The van der Waals surface area contributed by atoms with Crippen LogP contribution in [-0.2, 0) is 13.6 Å². The van der Waals surface area contributed by atoms with Gasteiger partial charge in [-0.15, -0.1) is 0 Å². The third-order valence-electron chi connectivity index (χ3n) is 3.40. The van der Waals surface area contributed by atoms with Crippen LogP contribution in [-0.4, -0.2) is 10.5 Å². The number of aromatic nitrogens is 1. The summed E-state index contributed by atoms with van der Waals surface area (Å²) in [7, 11) is 1.64. The van der Waals surface area contributed by atoms with E-state index in [9.17, 15) is 9.59 Å². The minimum Gasteiger partial charge on any atom is -0.408 e. The Hall–Kier alpha value is -2.53. The number of halogens is 1. The van der Waals surface area contributed by atoms with Gasteiger partial charge in [-0.25, -0.2) is 4.79 Å². The summed E-state index contributed by atoms with van der Waals surface area (Å²) >= 11 is 5.87. The van der Waals surface area contributed by atoms with Crippen molar-refractivity contribution < 1.29 is 9.21 Å². The van der Waals surface area contributed by atoms with Crippen LogP contribution in [0.3, 0.4) is 0 Å². The van der Waals surface area contributed by atoms with Gasteiger partial charge in [0.2, 0.25) is 0 Å². The van der Waals surface area contributed by atoms with E-state index in [-0.39, 0.29) is 5.91 Å². The molecule has 22 heavy (non-hydrogen) atoms. The SMILES string of the molecule is Cn1c(=O)oc2ccc(CNC(=O)c3cccc(Cl)c3)cc21. The fraction of sp³-hybridized carbons (Fsp3) is 0.125. The predicted molar refractivity (Wildman–Crippen MR) is 84.1 cm³/mol. The summed E-state index contributed by atoms with van der Waals surface area (Å²) in [5.41, 5.74) is 2.60. The van der Waals surface area contributed by atoms with Crippen LogP contribution < -0.4 is 11.1 Å². The number of nitrogens with zero attached hydrogens (tertiary/aromatic N) is 1. The zero-order valence-electron chi connectivity index (χ0n) is 11.8. The summed E-state index contributed by atoms with van der Waals surface area (Å²) in [6.07, 6.45) is 0. The van der Waals surface area contributed by atoms with E-state index in [0.717, 1.165) is 5.56 Å². The van der Waals surface area contributed by atoms with Gasteiger partial charge in [0.1, 0.15) is 0 Å². The van der Waals surface area contributed by atoms with Crippen molar-refractivity contribution >= 4 is 28.6 Å². The molecule has 0 aliphatic carbocycles. The lowest BCUT2D eigenvalue weighted by molar-refractivity contribution is 0.0951. The number of hydrogen-bond acceptors (Lipinski definition) is 3. The zero-order chi connectivity index (χ0) is 15.7. The molecule has 0 bridgehead atoms. The monoisotopic (exact) mass is 316 g/mol. The predicted octanol–water partition coefficient (Wildman–Crippen LogP) is 2.71. The molecule has 0 radical (unpaired) electrons. The Labute approximate surface area is 131 Å². The fourth-order valence-corrected chi connectivity index (χ4v) is 2.39. The highest BCUT2D eigenvalue weighted by atomic mass is 35.5. The highest BCUT2D eigenvalue weighted by Crippen LogP contribution is 2.15. The Morgan fingerprint density at radius 2 is 2.09 bits per heavy atom. The smallest absolute Gasteiger partial charge is 0.408 e. The lowest BCUT2D eigenvalue weighted by atomic mass is 10.2. The van der Waals surface area contributed by atoms with Crippen LogP contribution in [0.1, 0.15) is 15.9 Å². The van der Waals surface area contributed by atoms with Crippen LogP contribution in [0.5, 0.6) is 0 Å². The van der Waals surface area contributed by atoms with Crippen molar-refractivity contribution in [3.63, 3.8) is 0 Å². The quantitative estimate of drug-likeness (QED) is 0.808. The molecule has 3 rings (SSSR count). The van der Waals surface area contributed by atoms with Gasteiger partial charge in [-0.2, -0.15) is 0 Å². The van der Waals surface area contributed by atoms with Gasteiger partial charge in [-0.3, -0.25) is 9.36 Å². The molecule has 2 aromatic carbocycles. The molecule has 0 unspecified atom stereocenters. The Morgan fingerprint density at radius 1 is 1.27 bits per heavy atom. The first-order valence-electron chi connectivity index (χ1n) is 6.67. The molecule has 0 aliphatic heterocycles. The molecule has 1 N–H and O–H groups in total. The number of hydrogen-bond donors (Lipinski definition) is 1. The van der Waals surface area contributed by atoms with Crippen molar-refractivity contribution in [2.75, 3.05) is 0 Å². The molecule has 1 aromatic heterocycles. The number of carbonyl (C=O) groups excluding carboxylic acids is 1. The molecule has 1 amide bonds. The van der Waals surface area contributed by atoms with Crippen molar-refractivity contribution in [1.29, 1.82) is 0 Å². The maximum atomic E-state index is 12.1. The molecule has 3 aromatic rings. The minimum absolute atomic E-state index is 0.205. The summed E-state index contributed by atoms with van der Waals surface area (Å²) in [4.78, 5) is 23.5. The zero-order valence-corrected chi connectivity index (χ0v) is 12.6. The molecule has 0 spiro atoms. The molecule has 0 saturated carbocycles. The van der Waals surface area contributed by atoms with E-state index < -0.39 is 5.76 Å². The largest absolute Gasteiger partial charge is 0.419 e. The average Bonchev–Trinajstić information content (AvgIpc) is 2.80. The standard InChI is InChI=1S/C16H13ClN2O3/c1-19-13-7-10(5-6-14(13)22-16(19)21)9-18-15(20)11-3-2-4-12(17)8-11/h2-8H,9H2,1H3,(H,18,20). The first kappa shape index (κ1) is 14.4. The van der Waals surface area contributed by atoms with E-state index in [2.05, 4.69) is 5.32 Å². The Balaban J connectivity index is 1.77. The maximum absolute atomic E-state index is 12.1. The number of benzene rings is 2. The number of fused-ring (bicyclic) bond motifs is 1. The van der Waals surface area contributed by atoms with Crippen LogP contribution in [0, 0.1) is 0 Å². The van der Waals surface area contributed by atoms with Crippen LogP contribution >= 0.6 is 11.6 Å². The average molecular weight is 317 g/mol. The van der Waals surface area contributed by atoms with Gasteiger partial charge in [0, 0.05) is 24.2 Å². The number of aryl methyl sites for hydroxylation is 1. The van der Waals surface area contributed by atoms with Gasteiger partial charge >= 0.3 is 5.76 Å². The summed E-state index contributed by atoms with van der Waals surface area (Å²) in [6.45, 7) is 0.348. The second-order valence-corrected chi connectivity index (χ2v) is 5.36. The molecule has 6 heteroatoms. The molecule has 0 atom stereocenters. The second kappa shape index (κ2) is 5.69. The molecule has 112 valence electrons. The summed E-state index contributed by atoms with van der Waals surface area (Å²) < 4.78 is 6.50. The van der Waals surface area contributed by atoms with E-state index in [4.69, 9.17) is 16.0 Å². The lowest BCUT2D eigenvalue weighted by Crippen LogP contribution is -2.22. The Bertz CT molecular complexity index is 911. The summed E-state index contributed by atoms with van der Waals surface area (Å²) in [5, 5.41) is 3.33. The second-order valence-electron chi connectivity index (χ2n) is 4.92. The number of oxazole rings is 1. The molecule has 1 heterocycles. The van der Waals surface area contributed by atoms with Crippen molar-refractivity contribution in [2.24, 2.45) is 7.05 Å². The molecular formula is C16H13ClN2O3. The molecule has 0 aliphatic rings. The third-order valence-corrected chi connectivity index (χ3v) is 3.63. The van der Waals surface area contributed by atoms with Gasteiger partial charge in [0.05, 0.1) is 5.52 Å². The van der Waals surface area contributed by atoms with Gasteiger partial charge in [0.25, 0.3) is 5.91 Å². The van der Waals surface area contributed by atoms with E-state index in [1.165, 1.54) is 4.57 Å². The van der Waals surface area contributed by atoms with Gasteiger partial charge in [-0.05, 0) is 35.9 Å². The van der Waals surface area contributed by atoms with E-state index in [1.54, 1.807) is 37.4 Å². The number of rotatable bonds is 3. The minimum atomic E-state index is -0.407. The van der Waals surface area contributed by atoms with Gasteiger partial charge < -0.3 is 9.73 Å². The Kier molecular flexibility index (Phi) is 3.73. The fourth-order valence-electron chi connectivity index (χ4n) is 2.20. The number of carbonyl (C=O) groups is 1. The van der Waals surface area contributed by atoms with E-state index in [0.29, 0.717) is 28.2 Å². The normalized spacial score (nSPS) is 10.8. The van der Waals surface area contributed by atoms with Crippen LogP contribution in [0.4, 0.5) is 0 Å². The highest BCUT2D eigenvalue weighted by molar-refractivity contribution is 6.30. The third kappa shape index (κ3) is 2.76. The van der Waals surface area contributed by atoms with Crippen LogP contribution in [0.2, 0.25) is 5.02 Å². The van der Waals surface area contributed by atoms with Crippen molar-refractivity contribution in [2.45, 2.75) is 6.54 Å². The van der Waals surface area contributed by atoms with Crippen molar-refractivity contribution in [3.05, 3.63) is 69.2 Å². The van der Waals surface area contributed by atoms with Gasteiger partial charge in [-0.1, -0.05) is 23.7 Å².